The van der Waals surface area contributed by atoms with E-state index in [1.807, 2.05) is 66.5 Å². The van der Waals surface area contributed by atoms with Crippen molar-refractivity contribution in [3.8, 4) is 11.1 Å². The number of rotatable bonds is 13. The number of nitrogens with zero attached hydrogens (tertiary/aromatic N) is 1. The fourth-order valence-electron chi connectivity index (χ4n) is 4.98. The number of carboxylic acids is 1. The lowest BCUT2D eigenvalue weighted by atomic mass is 9.98. The highest BCUT2D eigenvalue weighted by Crippen LogP contribution is 2.44. The maximum absolute atomic E-state index is 13.0. The maximum Gasteiger partial charge on any atom is 0.407 e. The van der Waals surface area contributed by atoms with Crippen LogP contribution in [-0.2, 0) is 20.9 Å². The van der Waals surface area contributed by atoms with Crippen LogP contribution in [0.2, 0.25) is 0 Å². The summed E-state index contributed by atoms with van der Waals surface area (Å²) in [7, 11) is 1.89. The Balaban J connectivity index is 1.37. The Morgan fingerprint density at radius 3 is 2.15 bits per heavy atom. The first-order valence-electron chi connectivity index (χ1n) is 13.3. The third-order valence-electron chi connectivity index (χ3n) is 6.86. The number of carbonyl (C=O) groups is 3. The fourth-order valence-corrected chi connectivity index (χ4v) is 4.98. The number of unbranched alkanes of at least 4 members (excludes halogenated alkanes) is 1. The number of benzene rings is 3. The number of aliphatic carboxylic acids is 1. The zero-order chi connectivity index (χ0) is 27.6. The molecule has 0 saturated carbocycles. The highest BCUT2D eigenvalue weighted by molar-refractivity contribution is 5.86. The zero-order valence-electron chi connectivity index (χ0n) is 22.1. The Hall–Kier alpha value is -4.17. The van der Waals surface area contributed by atoms with Crippen LogP contribution in [0.1, 0.15) is 41.9 Å². The van der Waals surface area contributed by atoms with Gasteiger partial charge in [-0.05, 0) is 47.7 Å². The first-order valence-corrected chi connectivity index (χ1v) is 13.3. The Bertz CT molecular complexity index is 1230. The van der Waals surface area contributed by atoms with Gasteiger partial charge >= 0.3 is 12.1 Å². The molecule has 0 aliphatic heterocycles. The topological polar surface area (TPSA) is 108 Å². The molecule has 0 bridgehead atoms. The summed E-state index contributed by atoms with van der Waals surface area (Å²) in [5, 5.41) is 14.4. The van der Waals surface area contributed by atoms with E-state index in [4.69, 9.17) is 9.84 Å². The van der Waals surface area contributed by atoms with Crippen LogP contribution in [0.5, 0.6) is 0 Å². The van der Waals surface area contributed by atoms with Crippen LogP contribution in [0.3, 0.4) is 0 Å². The van der Waals surface area contributed by atoms with Gasteiger partial charge in [0.15, 0.2) is 0 Å². The number of amides is 2. The van der Waals surface area contributed by atoms with Crippen LogP contribution in [0.25, 0.3) is 11.1 Å². The van der Waals surface area contributed by atoms with Gasteiger partial charge in [0.05, 0.1) is 0 Å². The SMILES string of the molecule is CN(Cc1ccccc1)CC(NC(=O)OCC1c2ccccc2-c2ccccc21)C(=O)NCCCCC(=O)O. The minimum absolute atomic E-state index is 0.0527. The van der Waals surface area contributed by atoms with Crippen LogP contribution in [-0.4, -0.2) is 60.8 Å². The second kappa shape index (κ2) is 13.6. The summed E-state index contributed by atoms with van der Waals surface area (Å²) in [5.41, 5.74) is 5.61. The molecule has 3 N–H and O–H groups in total. The predicted molar refractivity (Wildman–Crippen MR) is 149 cm³/mol. The van der Waals surface area contributed by atoms with Crippen molar-refractivity contribution in [2.45, 2.75) is 37.8 Å². The van der Waals surface area contributed by atoms with Gasteiger partial charge in [0, 0.05) is 32.0 Å². The highest BCUT2D eigenvalue weighted by atomic mass is 16.5. The molecule has 1 aliphatic rings. The summed E-state index contributed by atoms with van der Waals surface area (Å²) < 4.78 is 5.68. The molecule has 3 aromatic rings. The molecule has 39 heavy (non-hydrogen) atoms. The van der Waals surface area contributed by atoms with Gasteiger partial charge in [-0.3, -0.25) is 14.5 Å². The van der Waals surface area contributed by atoms with E-state index >= 15 is 0 Å². The van der Waals surface area contributed by atoms with Crippen molar-refractivity contribution in [1.82, 2.24) is 15.5 Å². The molecule has 8 nitrogen and oxygen atoms in total. The number of likely N-dealkylation sites (N-methyl/N-ethyl adjacent to an activating group) is 1. The van der Waals surface area contributed by atoms with Gasteiger partial charge in [0.25, 0.3) is 0 Å². The van der Waals surface area contributed by atoms with Gasteiger partial charge in [-0.25, -0.2) is 4.79 Å². The van der Waals surface area contributed by atoms with Crippen LogP contribution >= 0.6 is 0 Å². The average Bonchev–Trinajstić information content (AvgIpc) is 3.25. The Morgan fingerprint density at radius 2 is 1.51 bits per heavy atom. The van der Waals surface area contributed by atoms with Gasteiger partial charge in [0.2, 0.25) is 5.91 Å². The number of ether oxygens (including phenoxy) is 1. The summed E-state index contributed by atoms with van der Waals surface area (Å²) in [6.07, 6.45) is 0.400. The monoisotopic (exact) mass is 529 g/mol. The summed E-state index contributed by atoms with van der Waals surface area (Å²) >= 11 is 0. The third kappa shape index (κ3) is 7.67. The largest absolute Gasteiger partial charge is 0.481 e. The first kappa shape index (κ1) is 27.9. The predicted octanol–water partition coefficient (Wildman–Crippen LogP) is 4.40. The number of nitrogens with one attached hydrogen (secondary N) is 2. The summed E-state index contributed by atoms with van der Waals surface area (Å²) in [6, 6.07) is 25.3. The number of hydrogen-bond acceptors (Lipinski definition) is 5. The van der Waals surface area contributed by atoms with Crippen molar-refractivity contribution in [1.29, 1.82) is 0 Å². The Labute approximate surface area is 229 Å². The summed E-state index contributed by atoms with van der Waals surface area (Å²) in [6.45, 7) is 1.37. The molecule has 0 saturated heterocycles. The minimum Gasteiger partial charge on any atom is -0.481 e. The molecule has 4 rings (SSSR count). The molecule has 1 unspecified atom stereocenters. The van der Waals surface area contributed by atoms with Crippen molar-refractivity contribution >= 4 is 18.0 Å². The normalized spacial score (nSPS) is 12.9. The van der Waals surface area contributed by atoms with Crippen LogP contribution in [0.4, 0.5) is 4.79 Å². The molecule has 1 aliphatic carbocycles. The van der Waals surface area contributed by atoms with E-state index in [1.165, 1.54) is 0 Å². The lowest BCUT2D eigenvalue weighted by molar-refractivity contribution is -0.137. The average molecular weight is 530 g/mol. The molecular formula is C31H35N3O5. The van der Waals surface area contributed by atoms with E-state index in [1.54, 1.807) is 0 Å². The van der Waals surface area contributed by atoms with Gasteiger partial charge in [0.1, 0.15) is 12.6 Å². The van der Waals surface area contributed by atoms with Crippen LogP contribution < -0.4 is 10.6 Å². The van der Waals surface area contributed by atoms with E-state index in [-0.39, 0.29) is 31.4 Å². The first-order chi connectivity index (χ1) is 18.9. The van der Waals surface area contributed by atoms with Gasteiger partial charge in [-0.2, -0.15) is 0 Å². The van der Waals surface area contributed by atoms with Gasteiger partial charge < -0.3 is 20.5 Å². The number of alkyl carbamates (subject to hydrolysis) is 1. The minimum atomic E-state index is -0.862. The lowest BCUT2D eigenvalue weighted by Crippen LogP contribution is -2.52. The smallest absolute Gasteiger partial charge is 0.407 e. The maximum atomic E-state index is 13.0. The van der Waals surface area contributed by atoms with Crippen molar-refractivity contribution in [3.05, 3.63) is 95.6 Å². The quantitative estimate of drug-likeness (QED) is 0.283. The molecule has 3 aromatic carbocycles. The second-order valence-corrected chi connectivity index (χ2v) is 9.85. The standard InChI is InChI=1S/C31H35N3O5/c1-34(19-22-11-3-2-4-12-22)20-28(30(37)32-18-10-9-17-29(35)36)33-31(38)39-21-27-25-15-7-5-13-23(25)24-14-6-8-16-26(24)27/h2-8,11-16,27-28H,9-10,17-21H2,1H3,(H,32,37)(H,33,38)(H,35,36). The molecule has 0 aromatic heterocycles. The van der Waals surface area contributed by atoms with Crippen molar-refractivity contribution < 1.29 is 24.2 Å². The Kier molecular flexibility index (Phi) is 9.69. The highest BCUT2D eigenvalue weighted by Gasteiger charge is 2.30. The molecular weight excluding hydrogens is 494 g/mol. The van der Waals surface area contributed by atoms with E-state index in [0.717, 1.165) is 27.8 Å². The number of carboxylic acid groups (broad SMARTS) is 1. The number of hydrogen-bond donors (Lipinski definition) is 3. The molecule has 204 valence electrons. The third-order valence-corrected chi connectivity index (χ3v) is 6.86. The molecule has 0 spiro atoms. The Morgan fingerprint density at radius 1 is 0.897 bits per heavy atom. The van der Waals surface area contributed by atoms with E-state index in [0.29, 0.717) is 25.9 Å². The van der Waals surface area contributed by atoms with Gasteiger partial charge in [-0.1, -0.05) is 78.9 Å². The van der Waals surface area contributed by atoms with Crippen molar-refractivity contribution in [2.75, 3.05) is 26.7 Å². The molecule has 2 amide bonds. The molecule has 0 fully saturated rings. The molecule has 0 radical (unpaired) electrons. The fraction of sp³-hybridized carbons (Fsp3) is 0.323. The van der Waals surface area contributed by atoms with Gasteiger partial charge in [-0.15, -0.1) is 0 Å². The number of carbonyl (C=O) groups excluding carboxylic acids is 2. The zero-order valence-corrected chi connectivity index (χ0v) is 22.1. The number of fused-ring (bicyclic) bond motifs is 3. The van der Waals surface area contributed by atoms with Crippen molar-refractivity contribution in [3.63, 3.8) is 0 Å². The van der Waals surface area contributed by atoms with E-state index in [2.05, 4.69) is 34.9 Å². The molecule has 8 heteroatoms. The summed E-state index contributed by atoms with van der Waals surface area (Å²) in [4.78, 5) is 38.7. The van der Waals surface area contributed by atoms with E-state index < -0.39 is 18.1 Å². The second-order valence-electron chi connectivity index (χ2n) is 9.85. The van der Waals surface area contributed by atoms with E-state index in [9.17, 15) is 14.4 Å². The molecule has 0 heterocycles. The van der Waals surface area contributed by atoms with Crippen LogP contribution in [0, 0.1) is 0 Å². The summed E-state index contributed by atoms with van der Waals surface area (Å²) in [5.74, 6) is -1.28. The van der Waals surface area contributed by atoms with Crippen molar-refractivity contribution in [2.24, 2.45) is 0 Å². The van der Waals surface area contributed by atoms with Crippen LogP contribution in [0.15, 0.2) is 78.9 Å². The molecule has 1 atom stereocenters. The lowest BCUT2D eigenvalue weighted by Gasteiger charge is -2.25.